The molecule has 0 atom stereocenters. The Labute approximate surface area is 65.9 Å². The largest absolute Gasteiger partial charge is 0.370 e. The van der Waals surface area contributed by atoms with Crippen LogP contribution < -0.4 is 17.2 Å². The van der Waals surface area contributed by atoms with Crippen molar-refractivity contribution in [1.82, 2.24) is 0 Å². The van der Waals surface area contributed by atoms with Gasteiger partial charge in [0.25, 0.3) is 0 Å². The summed E-state index contributed by atoms with van der Waals surface area (Å²) in [6.07, 6.45) is 0.102. The molecule has 0 fully saturated rings. The molecule has 5 nitrogen and oxygen atoms in total. The first-order valence-electron chi connectivity index (χ1n) is 3.31. The van der Waals surface area contributed by atoms with Crippen molar-refractivity contribution in [3.63, 3.8) is 0 Å². The van der Waals surface area contributed by atoms with Crippen LogP contribution in [0.2, 0.25) is 0 Å². The monoisotopic (exact) mass is 161 g/mol. The van der Waals surface area contributed by atoms with Gasteiger partial charge in [0.1, 0.15) is 0 Å². The maximum atomic E-state index is 9.92. The van der Waals surface area contributed by atoms with Gasteiger partial charge in [-0.2, -0.15) is 0 Å². The molecule has 0 aliphatic carbocycles. The molecule has 2 amide bonds. The Kier molecular flexibility index (Phi) is 10.2. The molecule has 0 aromatic carbocycles. The number of hydrogen-bond acceptors (Lipinski definition) is 3. The first-order chi connectivity index (χ1) is 5.04. The lowest BCUT2D eigenvalue weighted by atomic mass is 10.3. The van der Waals surface area contributed by atoms with Crippen molar-refractivity contribution in [3.05, 3.63) is 0 Å². The van der Waals surface area contributed by atoms with Crippen LogP contribution in [0.4, 0.5) is 0 Å². The number of nitrogens with two attached hydrogens (primary N) is 3. The van der Waals surface area contributed by atoms with Crippen LogP contribution in [0.5, 0.6) is 0 Å². The summed E-state index contributed by atoms with van der Waals surface area (Å²) in [5.41, 5.74) is 14.2. The molecule has 0 bridgehead atoms. The van der Waals surface area contributed by atoms with Crippen LogP contribution >= 0.6 is 0 Å². The Morgan fingerprint density at radius 1 is 1.09 bits per heavy atom. The fraction of sp³-hybridized carbons (Fsp3) is 0.667. The summed E-state index contributed by atoms with van der Waals surface area (Å²) >= 11 is 0. The van der Waals surface area contributed by atoms with E-state index in [1.165, 1.54) is 0 Å². The molecule has 0 aromatic rings. The maximum absolute atomic E-state index is 9.92. The minimum atomic E-state index is -0.496. The van der Waals surface area contributed by atoms with Crippen molar-refractivity contribution in [2.75, 3.05) is 6.54 Å². The summed E-state index contributed by atoms with van der Waals surface area (Å²) in [5, 5.41) is 0. The van der Waals surface area contributed by atoms with Gasteiger partial charge >= 0.3 is 0 Å². The molecule has 0 heterocycles. The topological polar surface area (TPSA) is 112 Å². The van der Waals surface area contributed by atoms with E-state index in [0.717, 1.165) is 6.54 Å². The van der Waals surface area contributed by atoms with Crippen LogP contribution in [0.3, 0.4) is 0 Å². The number of hydrogen-bond donors (Lipinski definition) is 3. The van der Waals surface area contributed by atoms with Gasteiger partial charge in [0.15, 0.2) is 0 Å². The third kappa shape index (κ3) is 27.9. The standard InChI is InChI=1S/C4H8N2O2.C2H7N/c5-3(7)1-2-4(6)8;1-2-3/h1-2H2,(H2,5,7)(H2,6,8);2-3H2,1H3. The average molecular weight is 161 g/mol. The molecule has 0 radical (unpaired) electrons. The minimum Gasteiger partial charge on any atom is -0.370 e. The van der Waals surface area contributed by atoms with Gasteiger partial charge in [-0.1, -0.05) is 6.92 Å². The highest BCUT2D eigenvalue weighted by Gasteiger charge is 1.96. The average Bonchev–Trinajstić information content (AvgIpc) is 1.85. The number of primary amides is 2. The first kappa shape index (κ1) is 12.6. The Balaban J connectivity index is 0. The fourth-order valence-electron chi connectivity index (χ4n) is 0.246. The van der Waals surface area contributed by atoms with Gasteiger partial charge in [0.2, 0.25) is 11.8 Å². The number of rotatable bonds is 3. The number of amides is 2. The second kappa shape index (κ2) is 8.90. The molecule has 0 spiro atoms. The van der Waals surface area contributed by atoms with Crippen molar-refractivity contribution in [2.45, 2.75) is 19.8 Å². The number of carbonyl (C=O) groups is 2. The van der Waals surface area contributed by atoms with Crippen LogP contribution in [0.15, 0.2) is 0 Å². The lowest BCUT2D eigenvalue weighted by Gasteiger charge is -1.87. The molecular formula is C6H15N3O2. The predicted molar refractivity (Wildman–Crippen MR) is 42.4 cm³/mol. The van der Waals surface area contributed by atoms with Crippen LogP contribution in [-0.2, 0) is 9.59 Å². The second-order valence-electron chi connectivity index (χ2n) is 1.84. The molecular weight excluding hydrogens is 146 g/mol. The van der Waals surface area contributed by atoms with Crippen molar-refractivity contribution in [3.8, 4) is 0 Å². The Hall–Kier alpha value is -1.10. The van der Waals surface area contributed by atoms with Crippen LogP contribution in [0, 0.1) is 0 Å². The van der Waals surface area contributed by atoms with E-state index in [1.54, 1.807) is 0 Å². The van der Waals surface area contributed by atoms with Gasteiger partial charge in [0, 0.05) is 12.8 Å². The summed E-state index contributed by atoms with van der Waals surface area (Å²) in [4.78, 5) is 19.8. The highest BCUT2D eigenvalue weighted by molar-refractivity contribution is 5.81. The van der Waals surface area contributed by atoms with Crippen molar-refractivity contribution < 1.29 is 9.59 Å². The van der Waals surface area contributed by atoms with E-state index in [-0.39, 0.29) is 12.8 Å². The molecule has 6 N–H and O–H groups in total. The van der Waals surface area contributed by atoms with Crippen molar-refractivity contribution >= 4 is 11.8 Å². The van der Waals surface area contributed by atoms with Gasteiger partial charge < -0.3 is 17.2 Å². The molecule has 0 rings (SSSR count). The zero-order valence-electron chi connectivity index (χ0n) is 6.67. The quantitative estimate of drug-likeness (QED) is 0.478. The van der Waals surface area contributed by atoms with E-state index in [9.17, 15) is 9.59 Å². The fourth-order valence-corrected chi connectivity index (χ4v) is 0.246. The zero-order chi connectivity index (χ0) is 9.28. The third-order valence-electron chi connectivity index (χ3n) is 0.618. The smallest absolute Gasteiger partial charge is 0.217 e. The number of carbonyl (C=O) groups excluding carboxylic acids is 2. The van der Waals surface area contributed by atoms with Crippen molar-refractivity contribution in [2.24, 2.45) is 17.2 Å². The lowest BCUT2D eigenvalue weighted by molar-refractivity contribution is -0.123. The lowest BCUT2D eigenvalue weighted by Crippen LogP contribution is -2.16. The molecule has 0 aliphatic heterocycles. The molecule has 0 unspecified atom stereocenters. The maximum Gasteiger partial charge on any atom is 0.217 e. The Morgan fingerprint density at radius 2 is 1.27 bits per heavy atom. The Bertz CT molecular complexity index is 111. The molecule has 5 heteroatoms. The van der Waals surface area contributed by atoms with E-state index >= 15 is 0 Å². The van der Waals surface area contributed by atoms with Crippen LogP contribution in [0.25, 0.3) is 0 Å². The molecule has 0 saturated heterocycles. The molecule has 0 saturated carbocycles. The first-order valence-corrected chi connectivity index (χ1v) is 3.31. The third-order valence-corrected chi connectivity index (χ3v) is 0.618. The van der Waals surface area contributed by atoms with Gasteiger partial charge in [-0.3, -0.25) is 9.59 Å². The molecule has 11 heavy (non-hydrogen) atoms. The normalized spacial score (nSPS) is 7.82. The predicted octanol–water partition coefficient (Wildman–Crippen LogP) is -1.30. The zero-order valence-corrected chi connectivity index (χ0v) is 6.67. The minimum absolute atomic E-state index is 0.0509. The van der Waals surface area contributed by atoms with E-state index in [1.807, 2.05) is 6.92 Å². The van der Waals surface area contributed by atoms with Gasteiger partial charge in [-0.25, -0.2) is 0 Å². The SMILES string of the molecule is CCN.NC(=O)CCC(N)=O. The highest BCUT2D eigenvalue weighted by Crippen LogP contribution is 1.82. The second-order valence-corrected chi connectivity index (χ2v) is 1.84. The van der Waals surface area contributed by atoms with Crippen LogP contribution in [0.1, 0.15) is 19.8 Å². The highest BCUT2D eigenvalue weighted by atomic mass is 16.2. The van der Waals surface area contributed by atoms with Crippen LogP contribution in [-0.4, -0.2) is 18.4 Å². The van der Waals surface area contributed by atoms with E-state index < -0.39 is 11.8 Å². The van der Waals surface area contributed by atoms with Gasteiger partial charge in [-0.05, 0) is 6.54 Å². The molecule has 66 valence electrons. The summed E-state index contributed by atoms with van der Waals surface area (Å²) in [6, 6.07) is 0. The molecule has 0 aromatic heterocycles. The summed E-state index contributed by atoms with van der Waals surface area (Å²) in [6.45, 7) is 2.65. The summed E-state index contributed by atoms with van der Waals surface area (Å²) < 4.78 is 0. The molecule has 0 aliphatic rings. The Morgan fingerprint density at radius 3 is 1.36 bits per heavy atom. The van der Waals surface area contributed by atoms with E-state index in [2.05, 4.69) is 0 Å². The van der Waals surface area contributed by atoms with Crippen molar-refractivity contribution in [1.29, 1.82) is 0 Å². The van der Waals surface area contributed by atoms with Gasteiger partial charge in [0.05, 0.1) is 0 Å². The van der Waals surface area contributed by atoms with E-state index in [0.29, 0.717) is 0 Å². The van der Waals surface area contributed by atoms with Gasteiger partial charge in [-0.15, -0.1) is 0 Å². The van der Waals surface area contributed by atoms with E-state index in [4.69, 9.17) is 17.2 Å². The summed E-state index contributed by atoms with van der Waals surface area (Å²) in [5.74, 6) is -0.993. The summed E-state index contributed by atoms with van der Waals surface area (Å²) in [7, 11) is 0.